The van der Waals surface area contributed by atoms with Gasteiger partial charge >= 0.3 is 0 Å². The fourth-order valence-electron chi connectivity index (χ4n) is 0.129. The van der Waals surface area contributed by atoms with Crippen molar-refractivity contribution >= 4 is 18.6 Å². The van der Waals surface area contributed by atoms with Gasteiger partial charge in [-0.15, -0.1) is 0 Å². The van der Waals surface area contributed by atoms with E-state index in [9.17, 15) is 0 Å². The van der Waals surface area contributed by atoms with Crippen molar-refractivity contribution in [1.29, 1.82) is 0 Å². The Hall–Kier alpha value is 0.394. The highest BCUT2D eigenvalue weighted by Gasteiger charge is 2.06. The van der Waals surface area contributed by atoms with Crippen LogP contribution in [0.3, 0.4) is 0 Å². The molecule has 3 heteroatoms. The van der Waals surface area contributed by atoms with Crippen LogP contribution in [-0.2, 0) is 0 Å². The average molecular weight is 131 g/mol. The van der Waals surface area contributed by atoms with Crippen molar-refractivity contribution in [3.63, 3.8) is 0 Å². The van der Waals surface area contributed by atoms with Gasteiger partial charge < -0.3 is 4.80 Å². The van der Waals surface area contributed by atoms with Crippen molar-refractivity contribution in [2.45, 2.75) is 25.2 Å². The lowest BCUT2D eigenvalue weighted by Crippen LogP contribution is -2.14. The molecule has 0 aliphatic heterocycles. The van der Waals surface area contributed by atoms with Crippen LogP contribution < -0.4 is 0 Å². The Labute approximate surface area is 49.3 Å². The molecule has 0 saturated carbocycles. The molecule has 0 saturated heterocycles. The van der Waals surface area contributed by atoms with E-state index in [1.807, 2.05) is 0 Å². The van der Waals surface area contributed by atoms with E-state index >= 15 is 0 Å². The molecule has 0 aliphatic rings. The summed E-state index contributed by atoms with van der Waals surface area (Å²) < 4.78 is 0. The molecule has 7 heavy (non-hydrogen) atoms. The predicted molar refractivity (Wildman–Crippen MR) is 34.9 cm³/mol. The molecule has 0 spiro atoms. The minimum absolute atomic E-state index is 0.157. The van der Waals surface area contributed by atoms with Crippen LogP contribution in [-0.4, -0.2) is 23.4 Å². The standard InChI is InChI=1S/C4H11OSi2/c1-4(6-5)7(2)3/h4-5H,1-3H3. The molecule has 0 aliphatic carbocycles. The second kappa shape index (κ2) is 3.40. The topological polar surface area (TPSA) is 20.2 Å². The summed E-state index contributed by atoms with van der Waals surface area (Å²) in [5.74, 6) is 0. The first-order chi connectivity index (χ1) is 3.18. The van der Waals surface area contributed by atoms with E-state index in [-0.39, 0.29) is 18.6 Å². The Bertz CT molecular complexity index is 47.0. The number of hydrogen-bond acceptors (Lipinski definition) is 1. The van der Waals surface area contributed by atoms with Gasteiger partial charge in [0.2, 0.25) is 9.76 Å². The summed E-state index contributed by atoms with van der Waals surface area (Å²) in [5.41, 5.74) is 0. The van der Waals surface area contributed by atoms with Crippen molar-refractivity contribution in [2.24, 2.45) is 0 Å². The van der Waals surface area contributed by atoms with E-state index < -0.39 is 0 Å². The fraction of sp³-hybridized carbons (Fsp3) is 1.00. The van der Waals surface area contributed by atoms with Crippen LogP contribution in [0.4, 0.5) is 0 Å². The molecule has 3 radical (unpaired) electrons. The van der Waals surface area contributed by atoms with E-state index in [4.69, 9.17) is 4.80 Å². The van der Waals surface area contributed by atoms with Crippen LogP contribution in [0, 0.1) is 0 Å². The van der Waals surface area contributed by atoms with Crippen LogP contribution in [0.5, 0.6) is 0 Å². The van der Waals surface area contributed by atoms with Gasteiger partial charge in [0.15, 0.2) is 0 Å². The first-order valence-electron chi connectivity index (χ1n) is 2.38. The third kappa shape index (κ3) is 3.02. The zero-order valence-electron chi connectivity index (χ0n) is 5.02. The molecule has 0 bridgehead atoms. The van der Waals surface area contributed by atoms with Gasteiger partial charge in [-0.2, -0.15) is 0 Å². The maximum absolute atomic E-state index is 8.56. The van der Waals surface area contributed by atoms with E-state index in [0.29, 0.717) is 5.16 Å². The maximum Gasteiger partial charge on any atom is 0.224 e. The molecule has 1 atom stereocenters. The monoisotopic (exact) mass is 131 g/mol. The minimum Gasteiger partial charge on any atom is -0.432 e. The fourth-order valence-corrected chi connectivity index (χ4v) is 1.16. The molecule has 0 rings (SSSR count). The van der Waals surface area contributed by atoms with Gasteiger partial charge in [-0.05, 0) is 5.16 Å². The zero-order valence-corrected chi connectivity index (χ0v) is 7.02. The third-order valence-electron chi connectivity index (χ3n) is 1.06. The lowest BCUT2D eigenvalue weighted by atomic mass is 10.9. The molecule has 0 aromatic heterocycles. The van der Waals surface area contributed by atoms with Crippen molar-refractivity contribution in [3.05, 3.63) is 0 Å². The Kier molecular flexibility index (Phi) is 3.59. The number of rotatable bonds is 2. The molecular weight excluding hydrogens is 120 g/mol. The molecule has 0 fully saturated rings. The van der Waals surface area contributed by atoms with E-state index in [2.05, 4.69) is 20.0 Å². The Morgan fingerprint density at radius 3 is 2.00 bits per heavy atom. The van der Waals surface area contributed by atoms with Crippen LogP contribution in [0.1, 0.15) is 6.92 Å². The summed E-state index contributed by atoms with van der Waals surface area (Å²) in [6.07, 6.45) is 0. The van der Waals surface area contributed by atoms with Crippen molar-refractivity contribution < 1.29 is 4.80 Å². The molecule has 1 N–H and O–H groups in total. The molecule has 0 aromatic rings. The molecule has 1 nitrogen and oxygen atoms in total. The van der Waals surface area contributed by atoms with Crippen LogP contribution >= 0.6 is 0 Å². The second-order valence-electron chi connectivity index (χ2n) is 1.93. The molecule has 0 aromatic carbocycles. The van der Waals surface area contributed by atoms with E-state index in [1.54, 1.807) is 0 Å². The first kappa shape index (κ1) is 7.39. The quantitative estimate of drug-likeness (QED) is 0.547. The smallest absolute Gasteiger partial charge is 0.224 e. The molecule has 0 heterocycles. The van der Waals surface area contributed by atoms with Crippen LogP contribution in [0.25, 0.3) is 0 Å². The highest BCUT2D eigenvalue weighted by molar-refractivity contribution is 6.67. The minimum atomic E-state index is -0.201. The Morgan fingerprint density at radius 1 is 1.57 bits per heavy atom. The van der Waals surface area contributed by atoms with Gasteiger partial charge in [-0.25, -0.2) is 0 Å². The average Bonchev–Trinajstić information content (AvgIpc) is 1.65. The summed E-state index contributed by atoms with van der Waals surface area (Å²) in [7, 11) is -0.0437. The summed E-state index contributed by atoms with van der Waals surface area (Å²) in [6, 6.07) is 0. The van der Waals surface area contributed by atoms with E-state index in [1.165, 1.54) is 0 Å². The van der Waals surface area contributed by atoms with Crippen molar-refractivity contribution in [3.8, 4) is 0 Å². The summed E-state index contributed by atoms with van der Waals surface area (Å²) in [6.45, 7) is 6.55. The van der Waals surface area contributed by atoms with Gasteiger partial charge in [0.05, 0.1) is 0 Å². The highest BCUT2D eigenvalue weighted by atomic mass is 28.3. The van der Waals surface area contributed by atoms with E-state index in [0.717, 1.165) is 0 Å². The second-order valence-corrected chi connectivity index (χ2v) is 6.65. The van der Waals surface area contributed by atoms with Gasteiger partial charge in [0.25, 0.3) is 0 Å². The van der Waals surface area contributed by atoms with Gasteiger partial charge in [-0.3, -0.25) is 0 Å². The summed E-state index contributed by atoms with van der Waals surface area (Å²) >= 11 is 0. The zero-order chi connectivity index (χ0) is 5.86. The molecular formula is C4H11OSi2. The first-order valence-corrected chi connectivity index (χ1v) is 5.98. The molecule has 41 valence electrons. The van der Waals surface area contributed by atoms with Gasteiger partial charge in [-0.1, -0.05) is 20.0 Å². The lowest BCUT2D eigenvalue weighted by Gasteiger charge is -2.05. The molecule has 0 amide bonds. The van der Waals surface area contributed by atoms with Gasteiger partial charge in [0.1, 0.15) is 0 Å². The van der Waals surface area contributed by atoms with Crippen LogP contribution in [0.15, 0.2) is 0 Å². The van der Waals surface area contributed by atoms with Crippen LogP contribution in [0.2, 0.25) is 18.3 Å². The van der Waals surface area contributed by atoms with Gasteiger partial charge in [0, 0.05) is 8.80 Å². The number of hydrogen-bond donors (Lipinski definition) is 1. The van der Waals surface area contributed by atoms with Crippen molar-refractivity contribution in [2.75, 3.05) is 0 Å². The van der Waals surface area contributed by atoms with Crippen molar-refractivity contribution in [1.82, 2.24) is 0 Å². The summed E-state index contributed by atoms with van der Waals surface area (Å²) in [5, 5.41) is 0.588. The lowest BCUT2D eigenvalue weighted by molar-refractivity contribution is 0.597. The highest BCUT2D eigenvalue weighted by Crippen LogP contribution is 2.03. The predicted octanol–water partition coefficient (Wildman–Crippen LogP) is 0.700. The molecule has 1 unspecified atom stereocenters. The third-order valence-corrected chi connectivity index (χ3v) is 5.30. The largest absolute Gasteiger partial charge is 0.432 e. The summed E-state index contributed by atoms with van der Waals surface area (Å²) in [4.78, 5) is 8.56. The Balaban J connectivity index is 3.14. The Morgan fingerprint density at radius 2 is 2.00 bits per heavy atom. The maximum atomic E-state index is 8.56. The normalized spacial score (nSPS) is 15.0. The SMILES string of the molecule is CC([Si]O)[Si](C)C.